The summed E-state index contributed by atoms with van der Waals surface area (Å²) in [4.78, 5) is 0. The molecule has 84 valence electrons. The number of hydrogen-bond donors (Lipinski definition) is 1. The molecule has 0 aliphatic carbocycles. The van der Waals surface area contributed by atoms with E-state index in [1.807, 2.05) is 6.08 Å². The first-order valence-electron chi connectivity index (χ1n) is 5.55. The minimum atomic E-state index is -0.544. The molecule has 1 fully saturated rings. The fraction of sp³-hybridized carbons (Fsp3) is 0.667. The Labute approximate surface area is 90.4 Å². The van der Waals surface area contributed by atoms with Crippen LogP contribution in [0.25, 0.3) is 0 Å². The zero-order chi connectivity index (χ0) is 10.7. The molecular weight excluding hydrogens is 192 g/mol. The van der Waals surface area contributed by atoms with E-state index in [-0.39, 0.29) is 18.3 Å². The fourth-order valence-electron chi connectivity index (χ4n) is 2.11. The average Bonchev–Trinajstić information content (AvgIpc) is 2.41. The smallest absolute Gasteiger partial charge is 0.102 e. The fourth-order valence-corrected chi connectivity index (χ4v) is 2.11. The lowest BCUT2D eigenvalue weighted by Gasteiger charge is -2.31. The first-order valence-corrected chi connectivity index (χ1v) is 5.55. The molecule has 15 heavy (non-hydrogen) atoms. The van der Waals surface area contributed by atoms with Crippen molar-refractivity contribution in [2.75, 3.05) is 6.61 Å². The van der Waals surface area contributed by atoms with Crippen LogP contribution in [0.4, 0.5) is 0 Å². The molecule has 1 N–H and O–H groups in total. The van der Waals surface area contributed by atoms with Crippen molar-refractivity contribution >= 4 is 0 Å². The number of aliphatic hydroxyl groups excluding tert-OH is 1. The van der Waals surface area contributed by atoms with Gasteiger partial charge < -0.3 is 14.6 Å². The van der Waals surface area contributed by atoms with Gasteiger partial charge in [-0.15, -0.1) is 6.58 Å². The van der Waals surface area contributed by atoms with Crippen molar-refractivity contribution in [3.63, 3.8) is 0 Å². The largest absolute Gasteiger partial charge is 0.386 e. The second kappa shape index (κ2) is 4.92. The maximum atomic E-state index is 9.81. The normalized spacial score (nSPS) is 40.6. The highest BCUT2D eigenvalue weighted by Crippen LogP contribution is 2.25. The highest BCUT2D eigenvalue weighted by atomic mass is 16.6. The SMILES string of the molecule is C=CC[C@@H]1O[C@H]2CCCO[C@@H]2C=C[C@@H]1O. The lowest BCUT2D eigenvalue weighted by molar-refractivity contribution is -0.125. The Kier molecular flexibility index (Phi) is 3.57. The molecule has 0 aromatic rings. The molecule has 3 nitrogen and oxygen atoms in total. The van der Waals surface area contributed by atoms with Crippen molar-refractivity contribution < 1.29 is 14.6 Å². The summed E-state index contributed by atoms with van der Waals surface area (Å²) < 4.78 is 11.4. The lowest BCUT2D eigenvalue weighted by Crippen LogP contribution is -2.38. The molecule has 0 bridgehead atoms. The quantitative estimate of drug-likeness (QED) is 0.701. The summed E-state index contributed by atoms with van der Waals surface area (Å²) >= 11 is 0. The lowest BCUT2D eigenvalue weighted by atomic mass is 10.1. The van der Waals surface area contributed by atoms with Crippen LogP contribution < -0.4 is 0 Å². The second-order valence-electron chi connectivity index (χ2n) is 4.09. The van der Waals surface area contributed by atoms with E-state index in [0.717, 1.165) is 19.4 Å². The van der Waals surface area contributed by atoms with Gasteiger partial charge in [-0.1, -0.05) is 18.2 Å². The molecule has 2 aliphatic rings. The third-order valence-electron chi connectivity index (χ3n) is 2.94. The van der Waals surface area contributed by atoms with Gasteiger partial charge in [0, 0.05) is 6.61 Å². The van der Waals surface area contributed by atoms with E-state index in [2.05, 4.69) is 6.58 Å². The highest BCUT2D eigenvalue weighted by Gasteiger charge is 2.31. The number of hydrogen-bond acceptors (Lipinski definition) is 3. The predicted octanol–water partition coefficient (Wildman–Crippen LogP) is 1.43. The van der Waals surface area contributed by atoms with Crippen LogP contribution >= 0.6 is 0 Å². The summed E-state index contributed by atoms with van der Waals surface area (Å²) in [6.45, 7) is 4.47. The monoisotopic (exact) mass is 210 g/mol. The van der Waals surface area contributed by atoms with Gasteiger partial charge in [0.05, 0.1) is 18.3 Å². The Morgan fingerprint density at radius 3 is 3.13 bits per heavy atom. The molecule has 2 aliphatic heterocycles. The Balaban J connectivity index is 2.06. The van der Waals surface area contributed by atoms with Gasteiger partial charge >= 0.3 is 0 Å². The molecule has 2 heterocycles. The van der Waals surface area contributed by atoms with E-state index in [0.29, 0.717) is 6.42 Å². The Bertz CT molecular complexity index is 249. The van der Waals surface area contributed by atoms with Gasteiger partial charge in [0.1, 0.15) is 6.10 Å². The zero-order valence-electron chi connectivity index (χ0n) is 8.84. The number of ether oxygens (including phenoxy) is 2. The summed E-state index contributed by atoms with van der Waals surface area (Å²) in [6.07, 6.45) is 7.61. The van der Waals surface area contributed by atoms with E-state index in [1.54, 1.807) is 12.2 Å². The molecular formula is C12H18O3. The van der Waals surface area contributed by atoms with Crippen LogP contribution in [-0.4, -0.2) is 36.1 Å². The van der Waals surface area contributed by atoms with Crippen molar-refractivity contribution in [1.82, 2.24) is 0 Å². The molecule has 0 radical (unpaired) electrons. The topological polar surface area (TPSA) is 38.7 Å². The van der Waals surface area contributed by atoms with Gasteiger partial charge in [0.2, 0.25) is 0 Å². The van der Waals surface area contributed by atoms with Crippen LogP contribution in [0.15, 0.2) is 24.8 Å². The summed E-state index contributed by atoms with van der Waals surface area (Å²) in [5.41, 5.74) is 0. The molecule has 0 amide bonds. The van der Waals surface area contributed by atoms with Crippen molar-refractivity contribution in [2.24, 2.45) is 0 Å². The number of aliphatic hydroxyl groups is 1. The molecule has 0 aromatic heterocycles. The van der Waals surface area contributed by atoms with Crippen LogP contribution in [0, 0.1) is 0 Å². The molecule has 4 atom stereocenters. The maximum absolute atomic E-state index is 9.81. The standard InChI is InChI=1S/C12H18O3/c1-2-4-10-9(13)6-7-11-12(15-10)5-3-8-14-11/h2,6-7,9-13H,1,3-5,8H2/t9-,10-,11+,12-/m0/s1. The second-order valence-corrected chi connectivity index (χ2v) is 4.09. The van der Waals surface area contributed by atoms with Crippen LogP contribution in [-0.2, 0) is 9.47 Å². The third kappa shape index (κ3) is 2.48. The van der Waals surface area contributed by atoms with Gasteiger partial charge in [0.25, 0.3) is 0 Å². The molecule has 0 unspecified atom stereocenters. The van der Waals surface area contributed by atoms with E-state index < -0.39 is 6.10 Å². The van der Waals surface area contributed by atoms with Gasteiger partial charge in [-0.2, -0.15) is 0 Å². The Morgan fingerprint density at radius 2 is 2.33 bits per heavy atom. The molecule has 0 aromatic carbocycles. The minimum Gasteiger partial charge on any atom is -0.386 e. The van der Waals surface area contributed by atoms with Crippen LogP contribution in [0.2, 0.25) is 0 Å². The summed E-state index contributed by atoms with van der Waals surface area (Å²) in [6, 6.07) is 0. The summed E-state index contributed by atoms with van der Waals surface area (Å²) in [5.74, 6) is 0. The summed E-state index contributed by atoms with van der Waals surface area (Å²) in [5, 5.41) is 9.81. The van der Waals surface area contributed by atoms with E-state index in [1.165, 1.54) is 0 Å². The van der Waals surface area contributed by atoms with Gasteiger partial charge in [0.15, 0.2) is 0 Å². The molecule has 0 spiro atoms. The van der Waals surface area contributed by atoms with E-state index >= 15 is 0 Å². The van der Waals surface area contributed by atoms with Crippen LogP contribution in [0.5, 0.6) is 0 Å². The Morgan fingerprint density at radius 1 is 1.47 bits per heavy atom. The third-order valence-corrected chi connectivity index (χ3v) is 2.94. The molecule has 3 heteroatoms. The van der Waals surface area contributed by atoms with Crippen molar-refractivity contribution in [3.05, 3.63) is 24.8 Å². The van der Waals surface area contributed by atoms with Crippen LogP contribution in [0.3, 0.4) is 0 Å². The molecule has 2 rings (SSSR count). The predicted molar refractivity (Wildman–Crippen MR) is 57.6 cm³/mol. The van der Waals surface area contributed by atoms with Crippen LogP contribution in [0.1, 0.15) is 19.3 Å². The summed E-state index contributed by atoms with van der Waals surface area (Å²) in [7, 11) is 0. The zero-order valence-corrected chi connectivity index (χ0v) is 8.84. The average molecular weight is 210 g/mol. The van der Waals surface area contributed by atoms with Gasteiger partial charge in [-0.05, 0) is 19.3 Å². The van der Waals surface area contributed by atoms with Crippen molar-refractivity contribution in [1.29, 1.82) is 0 Å². The first-order chi connectivity index (χ1) is 7.31. The van der Waals surface area contributed by atoms with E-state index in [9.17, 15) is 5.11 Å². The molecule has 1 saturated heterocycles. The maximum Gasteiger partial charge on any atom is 0.102 e. The Hall–Kier alpha value is -0.640. The molecule has 0 saturated carbocycles. The van der Waals surface area contributed by atoms with Gasteiger partial charge in [-0.25, -0.2) is 0 Å². The first kappa shape index (κ1) is 10.9. The number of rotatable bonds is 2. The van der Waals surface area contributed by atoms with Gasteiger partial charge in [-0.3, -0.25) is 0 Å². The number of fused-ring (bicyclic) bond motifs is 1. The van der Waals surface area contributed by atoms with Crippen molar-refractivity contribution in [3.8, 4) is 0 Å². The van der Waals surface area contributed by atoms with E-state index in [4.69, 9.17) is 9.47 Å². The minimum absolute atomic E-state index is 0.0169. The van der Waals surface area contributed by atoms with Crippen molar-refractivity contribution in [2.45, 2.75) is 43.7 Å². The highest BCUT2D eigenvalue weighted by molar-refractivity contribution is 5.05.